The third-order valence-electron chi connectivity index (χ3n) is 8.60. The summed E-state index contributed by atoms with van der Waals surface area (Å²) >= 11 is 0. The molecule has 4 aromatic rings. The van der Waals surface area contributed by atoms with Crippen molar-refractivity contribution in [1.29, 1.82) is 0 Å². The van der Waals surface area contributed by atoms with Crippen LogP contribution in [0.1, 0.15) is 59.7 Å². The van der Waals surface area contributed by atoms with E-state index >= 15 is 0 Å². The molecule has 2 saturated heterocycles. The smallest absolute Gasteiger partial charge is 0.292 e. The quantitative estimate of drug-likeness (QED) is 0.325. The second-order valence-electron chi connectivity index (χ2n) is 11.3. The molecule has 0 saturated carbocycles. The number of para-hydroxylation sites is 1. The first kappa shape index (κ1) is 27.8. The molecule has 1 atom stereocenters. The van der Waals surface area contributed by atoms with Gasteiger partial charge >= 0.3 is 0 Å². The lowest BCUT2D eigenvalue weighted by Crippen LogP contribution is -2.41. The van der Waals surface area contributed by atoms with Crippen LogP contribution in [0.3, 0.4) is 0 Å². The van der Waals surface area contributed by atoms with Crippen molar-refractivity contribution in [2.75, 3.05) is 32.7 Å². The van der Waals surface area contributed by atoms with Gasteiger partial charge < -0.3 is 9.80 Å². The van der Waals surface area contributed by atoms with Crippen LogP contribution in [-0.4, -0.2) is 80.0 Å². The Morgan fingerprint density at radius 1 is 0.762 bits per heavy atom. The molecular weight excluding hydrogens is 524 g/mol. The van der Waals surface area contributed by atoms with E-state index < -0.39 is 0 Å². The van der Waals surface area contributed by atoms with Crippen molar-refractivity contribution in [3.63, 3.8) is 0 Å². The summed E-state index contributed by atoms with van der Waals surface area (Å²) < 4.78 is 1.94. The fraction of sp³-hybridized carbons (Fsp3) is 0.353. The van der Waals surface area contributed by atoms with E-state index in [9.17, 15) is 9.59 Å². The zero-order chi connectivity index (χ0) is 28.9. The van der Waals surface area contributed by atoms with Crippen LogP contribution in [0.15, 0.2) is 91.0 Å². The summed E-state index contributed by atoms with van der Waals surface area (Å²) in [6.45, 7) is 5.95. The van der Waals surface area contributed by atoms with E-state index in [0.717, 1.165) is 50.4 Å². The number of amides is 2. The second kappa shape index (κ2) is 12.7. The number of nitrogens with zero attached hydrogens (tertiary/aromatic N) is 6. The van der Waals surface area contributed by atoms with Gasteiger partial charge in [-0.2, -0.15) is 0 Å². The molecule has 2 aliphatic heterocycles. The second-order valence-corrected chi connectivity index (χ2v) is 11.3. The lowest BCUT2D eigenvalue weighted by Gasteiger charge is -2.32. The fourth-order valence-corrected chi connectivity index (χ4v) is 6.53. The van der Waals surface area contributed by atoms with E-state index in [4.69, 9.17) is 0 Å². The van der Waals surface area contributed by atoms with Gasteiger partial charge in [0.15, 0.2) is 5.82 Å². The average molecular weight is 563 g/mol. The number of rotatable bonds is 7. The van der Waals surface area contributed by atoms with Gasteiger partial charge in [0.25, 0.3) is 5.91 Å². The summed E-state index contributed by atoms with van der Waals surface area (Å²) in [6, 6.07) is 31.0. The summed E-state index contributed by atoms with van der Waals surface area (Å²) in [5.41, 5.74) is 3.29. The van der Waals surface area contributed by atoms with Crippen molar-refractivity contribution in [2.24, 2.45) is 0 Å². The van der Waals surface area contributed by atoms with Gasteiger partial charge in [-0.15, -0.1) is 10.2 Å². The normalized spacial score (nSPS) is 17.9. The first-order valence-electron chi connectivity index (χ1n) is 15.0. The minimum absolute atomic E-state index is 0.00911. The molecule has 0 unspecified atom stereocenters. The van der Waals surface area contributed by atoms with Crippen LogP contribution in [0.4, 0.5) is 0 Å². The minimum Gasteiger partial charge on any atom is -0.342 e. The molecule has 0 aliphatic carbocycles. The summed E-state index contributed by atoms with van der Waals surface area (Å²) in [5.74, 6) is 1.17. The molecule has 3 aromatic carbocycles. The number of benzene rings is 3. The van der Waals surface area contributed by atoms with Crippen molar-refractivity contribution < 1.29 is 9.59 Å². The molecule has 0 radical (unpaired) electrons. The maximum atomic E-state index is 14.4. The van der Waals surface area contributed by atoms with E-state index in [2.05, 4.69) is 63.6 Å². The maximum Gasteiger partial charge on any atom is 0.292 e. The number of aromatic nitrogens is 3. The Morgan fingerprint density at radius 2 is 1.40 bits per heavy atom. The highest BCUT2D eigenvalue weighted by Crippen LogP contribution is 2.37. The highest BCUT2D eigenvalue weighted by atomic mass is 16.2. The van der Waals surface area contributed by atoms with Gasteiger partial charge in [0.05, 0.1) is 6.54 Å². The van der Waals surface area contributed by atoms with Gasteiger partial charge in [-0.3, -0.25) is 19.1 Å². The fourth-order valence-electron chi connectivity index (χ4n) is 6.53. The summed E-state index contributed by atoms with van der Waals surface area (Å²) in [4.78, 5) is 32.6. The van der Waals surface area contributed by atoms with Gasteiger partial charge in [0, 0.05) is 57.3 Å². The van der Waals surface area contributed by atoms with Crippen LogP contribution in [-0.2, 0) is 11.3 Å². The van der Waals surface area contributed by atoms with E-state index in [1.54, 1.807) is 6.92 Å². The molecule has 6 rings (SSSR count). The Kier molecular flexibility index (Phi) is 8.42. The molecule has 0 bridgehead atoms. The zero-order valence-corrected chi connectivity index (χ0v) is 24.2. The number of likely N-dealkylation sites (tertiary alicyclic amines) is 1. The Labute approximate surface area is 247 Å². The lowest BCUT2D eigenvalue weighted by molar-refractivity contribution is -0.128. The van der Waals surface area contributed by atoms with Crippen molar-refractivity contribution in [1.82, 2.24) is 29.5 Å². The molecule has 1 aromatic heterocycles. The van der Waals surface area contributed by atoms with Gasteiger partial charge in [-0.1, -0.05) is 78.9 Å². The molecule has 2 fully saturated rings. The lowest BCUT2D eigenvalue weighted by atomic mass is 9.84. The van der Waals surface area contributed by atoms with E-state index in [1.165, 1.54) is 11.1 Å². The largest absolute Gasteiger partial charge is 0.342 e. The molecule has 2 aliphatic rings. The summed E-state index contributed by atoms with van der Waals surface area (Å²) in [5, 5.41) is 9.13. The first-order chi connectivity index (χ1) is 20.6. The van der Waals surface area contributed by atoms with Crippen LogP contribution in [0.25, 0.3) is 5.69 Å². The highest BCUT2D eigenvalue weighted by Gasteiger charge is 2.39. The summed E-state index contributed by atoms with van der Waals surface area (Å²) in [6.07, 6.45) is 2.77. The summed E-state index contributed by atoms with van der Waals surface area (Å²) in [7, 11) is 0. The molecule has 2 amide bonds. The number of hydrogen-bond acceptors (Lipinski definition) is 5. The molecule has 0 spiro atoms. The van der Waals surface area contributed by atoms with Crippen LogP contribution in [0.5, 0.6) is 0 Å². The number of carbonyl (C=O) groups excluding carboxylic acids is 2. The highest BCUT2D eigenvalue weighted by molar-refractivity contribution is 5.92. The minimum atomic E-state index is -0.0874. The SMILES string of the molecule is CC(=O)N1CCCN(Cc2nnc(C(=O)N3CCC[C@@H]3C(c3ccccc3)c3ccccc3)n2-c2ccccc2)CC1. The standard InChI is InChI=1S/C34H38N6O2/c1-26(41)38-21-12-20-37(23-24-38)25-31-35-36-33(40(31)29-17-9-4-10-18-29)34(42)39-22-11-19-30(39)32(27-13-5-2-6-14-27)28-15-7-3-8-16-28/h2-10,13-18,30,32H,11-12,19-25H2,1H3/t30-/m1/s1. The third kappa shape index (κ3) is 5.85. The van der Waals surface area contributed by atoms with Crippen molar-refractivity contribution in [3.8, 4) is 5.69 Å². The van der Waals surface area contributed by atoms with E-state index in [1.807, 2.05) is 56.8 Å². The monoisotopic (exact) mass is 562 g/mol. The third-order valence-corrected chi connectivity index (χ3v) is 8.60. The van der Waals surface area contributed by atoms with E-state index in [0.29, 0.717) is 25.5 Å². The Balaban J connectivity index is 1.33. The first-order valence-corrected chi connectivity index (χ1v) is 15.0. The van der Waals surface area contributed by atoms with Crippen molar-refractivity contribution >= 4 is 11.8 Å². The predicted molar refractivity (Wildman–Crippen MR) is 162 cm³/mol. The molecule has 3 heterocycles. The average Bonchev–Trinajstić information content (AvgIpc) is 3.60. The van der Waals surface area contributed by atoms with Crippen LogP contribution in [0, 0.1) is 0 Å². The number of hydrogen-bond donors (Lipinski definition) is 0. The Hall–Kier alpha value is -4.30. The van der Waals surface area contributed by atoms with Crippen molar-refractivity contribution in [2.45, 2.75) is 44.7 Å². The molecule has 42 heavy (non-hydrogen) atoms. The van der Waals surface area contributed by atoms with Crippen LogP contribution >= 0.6 is 0 Å². The molecule has 0 N–H and O–H groups in total. The maximum absolute atomic E-state index is 14.4. The van der Waals surface area contributed by atoms with Gasteiger partial charge in [0.2, 0.25) is 11.7 Å². The van der Waals surface area contributed by atoms with Gasteiger partial charge in [-0.25, -0.2) is 0 Å². The molecule has 8 heteroatoms. The number of carbonyl (C=O) groups is 2. The zero-order valence-electron chi connectivity index (χ0n) is 24.2. The topological polar surface area (TPSA) is 74.6 Å². The molecule has 8 nitrogen and oxygen atoms in total. The Morgan fingerprint density at radius 3 is 2.05 bits per heavy atom. The van der Waals surface area contributed by atoms with Gasteiger partial charge in [-0.05, 0) is 42.5 Å². The van der Waals surface area contributed by atoms with Crippen LogP contribution in [0.2, 0.25) is 0 Å². The molecule has 216 valence electrons. The van der Waals surface area contributed by atoms with Gasteiger partial charge in [0.1, 0.15) is 0 Å². The van der Waals surface area contributed by atoms with E-state index in [-0.39, 0.29) is 23.8 Å². The predicted octanol–water partition coefficient (Wildman–Crippen LogP) is 4.76. The molecular formula is C34H38N6O2. The van der Waals surface area contributed by atoms with Crippen LogP contribution < -0.4 is 0 Å². The van der Waals surface area contributed by atoms with Crippen molar-refractivity contribution in [3.05, 3.63) is 114 Å². The Bertz CT molecular complexity index is 1450.